The molecule has 0 radical (unpaired) electrons. The van der Waals surface area contributed by atoms with Gasteiger partial charge in [0.15, 0.2) is 12.1 Å². The average Bonchev–Trinajstić information content (AvgIpc) is 3.41. The highest BCUT2D eigenvalue weighted by Crippen LogP contribution is 2.26. The molecule has 2 rings (SSSR count). The highest BCUT2D eigenvalue weighted by molar-refractivity contribution is 6.43. The number of methoxy groups -OCH3 is 1. The molecule has 1 saturated carbocycles. The number of aliphatic imine (C=N–C) groups is 1. The van der Waals surface area contributed by atoms with E-state index < -0.39 is 43.1 Å². The van der Waals surface area contributed by atoms with E-state index in [1.807, 2.05) is 30.3 Å². The van der Waals surface area contributed by atoms with E-state index in [4.69, 9.17) is 16.2 Å². The van der Waals surface area contributed by atoms with Crippen LogP contribution in [-0.4, -0.2) is 95.4 Å². The Kier molecular flexibility index (Phi) is 13.0. The number of nitrogens with two attached hydrogens (primary N) is 2. The van der Waals surface area contributed by atoms with Gasteiger partial charge < -0.3 is 36.3 Å². The van der Waals surface area contributed by atoms with Gasteiger partial charge in [0.1, 0.15) is 0 Å². The molecular weight excluding hydrogens is 495 g/mol. The van der Waals surface area contributed by atoms with Crippen molar-refractivity contribution in [2.45, 2.75) is 69.1 Å². The summed E-state index contributed by atoms with van der Waals surface area (Å²) in [6.07, 6.45) is 1.99. The first kappa shape index (κ1) is 31.0. The van der Waals surface area contributed by atoms with Gasteiger partial charge in [-0.2, -0.15) is 0 Å². The van der Waals surface area contributed by atoms with Gasteiger partial charge in [-0.15, -0.1) is 0 Å². The van der Waals surface area contributed by atoms with Crippen LogP contribution < -0.4 is 22.1 Å². The van der Waals surface area contributed by atoms with Gasteiger partial charge in [-0.1, -0.05) is 43.2 Å². The highest BCUT2D eigenvalue weighted by Gasteiger charge is 2.41. The minimum atomic E-state index is -1.89. The molecule has 1 unspecified atom stereocenters. The lowest BCUT2D eigenvalue weighted by Crippen LogP contribution is -2.64. The van der Waals surface area contributed by atoms with Crippen LogP contribution in [0.4, 0.5) is 0 Å². The fourth-order valence-electron chi connectivity index (χ4n) is 4.57. The van der Waals surface area contributed by atoms with Gasteiger partial charge in [0, 0.05) is 18.5 Å². The van der Waals surface area contributed by atoms with Crippen molar-refractivity contribution < 1.29 is 34.3 Å². The monoisotopic (exact) mass is 534 g/mol. The van der Waals surface area contributed by atoms with E-state index in [0.29, 0.717) is 19.3 Å². The molecule has 1 aromatic rings. The standard InChI is InChI=1S/C24H39BN6O7/c1-38-20(32)15-29-18(14-16-8-3-2-4-9-16)22(33)31(17-10-5-6-11-17)21(23(34)35)30-19(25(36)37)12-7-13-28-24(26)27/h2-4,8-9,17-19,21,29-30,36-37H,5-7,10-15H2,1H3,(H,34,35)(H4,26,27,28)/t18-,19+,21?/m1/s1. The third-order valence-corrected chi connectivity index (χ3v) is 6.49. The molecule has 3 atom stereocenters. The zero-order valence-corrected chi connectivity index (χ0v) is 21.7. The van der Waals surface area contributed by atoms with Crippen molar-refractivity contribution in [2.24, 2.45) is 16.5 Å². The van der Waals surface area contributed by atoms with Crippen molar-refractivity contribution in [2.75, 3.05) is 20.2 Å². The van der Waals surface area contributed by atoms with Crippen LogP contribution in [-0.2, 0) is 25.5 Å². The van der Waals surface area contributed by atoms with Crippen LogP contribution in [0.3, 0.4) is 0 Å². The van der Waals surface area contributed by atoms with Gasteiger partial charge in [0.25, 0.3) is 0 Å². The van der Waals surface area contributed by atoms with Crippen LogP contribution in [0.2, 0.25) is 0 Å². The van der Waals surface area contributed by atoms with E-state index in [1.165, 1.54) is 12.0 Å². The number of aliphatic carboxylic acids is 1. The van der Waals surface area contributed by atoms with E-state index in [1.54, 1.807) is 0 Å². The van der Waals surface area contributed by atoms with Gasteiger partial charge in [-0.25, -0.2) is 4.79 Å². The van der Waals surface area contributed by atoms with Gasteiger partial charge in [-0.05, 0) is 37.7 Å². The zero-order chi connectivity index (χ0) is 28.1. The van der Waals surface area contributed by atoms with Crippen molar-refractivity contribution in [3.8, 4) is 0 Å². The topological polar surface area (TPSA) is 213 Å². The Labute approximate surface area is 222 Å². The fourth-order valence-corrected chi connectivity index (χ4v) is 4.57. The lowest BCUT2D eigenvalue weighted by Gasteiger charge is -2.38. The normalized spacial score (nSPS) is 15.8. The van der Waals surface area contributed by atoms with Gasteiger partial charge in [0.05, 0.1) is 19.7 Å². The molecule has 210 valence electrons. The Bertz CT molecular complexity index is 926. The lowest BCUT2D eigenvalue weighted by atomic mass is 9.76. The summed E-state index contributed by atoms with van der Waals surface area (Å²) in [5.41, 5.74) is 11.5. The smallest absolute Gasteiger partial charge is 0.469 e. The summed E-state index contributed by atoms with van der Waals surface area (Å²) in [6.45, 7) is -0.0287. The Morgan fingerprint density at radius 3 is 2.39 bits per heavy atom. The number of esters is 1. The summed E-state index contributed by atoms with van der Waals surface area (Å²) in [5, 5.41) is 35.8. The molecule has 0 aromatic heterocycles. The summed E-state index contributed by atoms with van der Waals surface area (Å²) in [6, 6.07) is 7.84. The molecule has 0 aliphatic heterocycles. The van der Waals surface area contributed by atoms with Gasteiger partial charge in [-0.3, -0.25) is 25.2 Å². The van der Waals surface area contributed by atoms with E-state index in [9.17, 15) is 29.5 Å². The molecule has 1 aromatic carbocycles. The molecule has 1 fully saturated rings. The number of ether oxygens (including phenoxy) is 1. The largest absolute Gasteiger partial charge is 0.479 e. The number of hydrogen-bond acceptors (Lipinski definition) is 9. The predicted octanol–water partition coefficient (Wildman–Crippen LogP) is -1.43. The van der Waals surface area contributed by atoms with E-state index >= 15 is 0 Å². The summed E-state index contributed by atoms with van der Waals surface area (Å²) in [5.74, 6) is -3.61. The zero-order valence-electron chi connectivity index (χ0n) is 21.7. The Morgan fingerprint density at radius 2 is 1.84 bits per heavy atom. The molecule has 0 spiro atoms. The minimum absolute atomic E-state index is 0.107. The molecule has 9 N–H and O–H groups in total. The molecule has 38 heavy (non-hydrogen) atoms. The molecule has 14 heteroatoms. The third kappa shape index (κ3) is 9.93. The number of carbonyl (C=O) groups excluding carboxylic acids is 2. The molecule has 0 bridgehead atoms. The Balaban J connectivity index is 2.34. The van der Waals surface area contributed by atoms with Crippen molar-refractivity contribution in [1.82, 2.24) is 15.5 Å². The second-order valence-electron chi connectivity index (χ2n) is 9.26. The summed E-state index contributed by atoms with van der Waals surface area (Å²) in [7, 11) is -0.657. The maximum Gasteiger partial charge on any atom is 0.469 e. The first-order valence-electron chi connectivity index (χ1n) is 12.7. The maximum absolute atomic E-state index is 14.0. The summed E-state index contributed by atoms with van der Waals surface area (Å²) >= 11 is 0. The Hall–Kier alpha value is -3.20. The molecule has 13 nitrogen and oxygen atoms in total. The second-order valence-corrected chi connectivity index (χ2v) is 9.26. The number of nitrogens with one attached hydrogen (secondary N) is 2. The molecule has 1 aliphatic carbocycles. The predicted molar refractivity (Wildman–Crippen MR) is 142 cm³/mol. The second kappa shape index (κ2) is 15.9. The number of carboxylic acid groups (broad SMARTS) is 1. The minimum Gasteiger partial charge on any atom is -0.479 e. The third-order valence-electron chi connectivity index (χ3n) is 6.49. The van der Waals surface area contributed by atoms with Gasteiger partial charge in [0.2, 0.25) is 5.91 Å². The van der Waals surface area contributed by atoms with Crippen LogP contribution in [0.15, 0.2) is 35.3 Å². The van der Waals surface area contributed by atoms with E-state index in [-0.39, 0.29) is 37.9 Å². The average molecular weight is 534 g/mol. The fraction of sp³-hybridized carbons (Fsp3) is 0.583. The molecule has 0 heterocycles. The van der Waals surface area contributed by atoms with Crippen LogP contribution in [0.25, 0.3) is 0 Å². The van der Waals surface area contributed by atoms with Gasteiger partial charge >= 0.3 is 19.1 Å². The number of nitrogens with zero attached hydrogens (tertiary/aromatic N) is 2. The van der Waals surface area contributed by atoms with Crippen molar-refractivity contribution in [1.29, 1.82) is 0 Å². The van der Waals surface area contributed by atoms with Crippen LogP contribution in [0.5, 0.6) is 0 Å². The molecule has 0 saturated heterocycles. The lowest BCUT2D eigenvalue weighted by molar-refractivity contribution is -0.155. The van der Waals surface area contributed by atoms with Crippen LogP contribution >= 0.6 is 0 Å². The first-order chi connectivity index (χ1) is 18.1. The number of guanidine groups is 1. The quantitative estimate of drug-likeness (QED) is 0.0326. The van der Waals surface area contributed by atoms with E-state index in [2.05, 4.69) is 15.6 Å². The number of benzene rings is 1. The highest BCUT2D eigenvalue weighted by atomic mass is 16.5. The number of amides is 1. The van der Waals surface area contributed by atoms with Crippen molar-refractivity contribution in [3.63, 3.8) is 0 Å². The molecular formula is C24H39BN6O7. The van der Waals surface area contributed by atoms with Crippen LogP contribution in [0, 0.1) is 0 Å². The first-order valence-corrected chi connectivity index (χ1v) is 12.7. The number of rotatable bonds is 16. The SMILES string of the molecule is COC(=O)CN[C@H](Cc1ccccc1)C(=O)N(C1CCCC1)C(N[C@@H](CCCN=C(N)N)B(O)O)C(=O)O. The summed E-state index contributed by atoms with van der Waals surface area (Å²) < 4.78 is 4.70. The summed E-state index contributed by atoms with van der Waals surface area (Å²) in [4.78, 5) is 43.5. The number of hydrogen-bond donors (Lipinski definition) is 7. The molecule has 1 aliphatic rings. The van der Waals surface area contributed by atoms with Crippen molar-refractivity contribution >= 4 is 30.9 Å². The van der Waals surface area contributed by atoms with Crippen LogP contribution in [0.1, 0.15) is 44.1 Å². The Morgan fingerprint density at radius 1 is 1.18 bits per heavy atom. The van der Waals surface area contributed by atoms with E-state index in [0.717, 1.165) is 18.4 Å². The number of carboxylic acids is 1. The number of carbonyl (C=O) groups is 3. The van der Waals surface area contributed by atoms with Crippen molar-refractivity contribution in [3.05, 3.63) is 35.9 Å². The maximum atomic E-state index is 14.0. The molecule has 1 amide bonds.